The molecule has 8 heteroatoms. The Hall–Kier alpha value is -1.80. The number of aliphatic hydroxyl groups excluding tert-OH is 1. The molecule has 1 saturated carbocycles. The van der Waals surface area contributed by atoms with Crippen molar-refractivity contribution in [2.24, 2.45) is 11.1 Å². The second kappa shape index (κ2) is 9.41. The number of aliphatic hydroxyl groups is 1. The highest BCUT2D eigenvalue weighted by atomic mass is 19.4. The van der Waals surface area contributed by atoms with Crippen LogP contribution < -0.4 is 15.8 Å². The molecule has 1 aliphatic rings. The minimum atomic E-state index is -4.40. The first-order valence-corrected chi connectivity index (χ1v) is 9.19. The zero-order valence-electron chi connectivity index (χ0n) is 15.2. The molecule has 2 rings (SSSR count). The van der Waals surface area contributed by atoms with Crippen molar-refractivity contribution in [3.05, 3.63) is 29.8 Å². The summed E-state index contributed by atoms with van der Waals surface area (Å²) in [6, 6.07) is 4.23. The van der Waals surface area contributed by atoms with E-state index in [2.05, 4.69) is 5.32 Å². The molecule has 0 spiro atoms. The lowest BCUT2D eigenvalue weighted by molar-refractivity contribution is -0.137. The number of halogens is 3. The predicted molar refractivity (Wildman–Crippen MR) is 95.1 cm³/mol. The highest BCUT2D eigenvalue weighted by Crippen LogP contribution is 2.38. The van der Waals surface area contributed by atoms with E-state index < -0.39 is 17.8 Å². The fourth-order valence-corrected chi connectivity index (χ4v) is 3.38. The van der Waals surface area contributed by atoms with E-state index in [1.165, 1.54) is 18.6 Å². The van der Waals surface area contributed by atoms with Crippen molar-refractivity contribution >= 4 is 5.91 Å². The molecule has 1 atom stereocenters. The highest BCUT2D eigenvalue weighted by molar-refractivity contribution is 5.76. The van der Waals surface area contributed by atoms with Crippen LogP contribution in [0, 0.1) is 5.41 Å². The van der Waals surface area contributed by atoms with Crippen LogP contribution >= 0.6 is 0 Å². The summed E-state index contributed by atoms with van der Waals surface area (Å²) in [5, 5.41) is 12.6. The smallest absolute Gasteiger partial charge is 0.416 e. The van der Waals surface area contributed by atoms with Crippen LogP contribution in [0.3, 0.4) is 0 Å². The Balaban J connectivity index is 1.72. The Kier molecular flexibility index (Phi) is 7.49. The maximum atomic E-state index is 12.5. The van der Waals surface area contributed by atoms with Crippen LogP contribution in [0.2, 0.25) is 0 Å². The summed E-state index contributed by atoms with van der Waals surface area (Å²) >= 11 is 0. The minimum Gasteiger partial charge on any atom is -0.491 e. The molecular weight excluding hydrogens is 361 g/mol. The van der Waals surface area contributed by atoms with Gasteiger partial charge in [-0.05, 0) is 49.1 Å². The largest absolute Gasteiger partial charge is 0.491 e. The number of ether oxygens (including phenoxy) is 1. The molecule has 1 unspecified atom stereocenters. The number of nitrogens with one attached hydrogen (secondary N) is 1. The molecular formula is C19H27F3N2O3. The molecule has 0 aromatic heterocycles. The number of nitrogens with two attached hydrogens (primary N) is 1. The van der Waals surface area contributed by atoms with E-state index in [1.807, 2.05) is 0 Å². The second-order valence-corrected chi connectivity index (χ2v) is 7.23. The number of benzene rings is 1. The summed E-state index contributed by atoms with van der Waals surface area (Å²) in [4.78, 5) is 12.2. The minimum absolute atomic E-state index is 0.0140. The second-order valence-electron chi connectivity index (χ2n) is 7.23. The Morgan fingerprint density at radius 1 is 1.22 bits per heavy atom. The molecule has 0 radical (unpaired) electrons. The SMILES string of the molecule is NCC1(CC(=O)NCC(O)COc2ccc(C(F)(F)F)cc2)CCCCC1. The molecule has 1 aromatic carbocycles. The lowest BCUT2D eigenvalue weighted by Gasteiger charge is -2.35. The first-order chi connectivity index (χ1) is 12.7. The Labute approximate surface area is 157 Å². The van der Waals surface area contributed by atoms with Gasteiger partial charge in [0.1, 0.15) is 18.5 Å². The lowest BCUT2D eigenvalue weighted by Crippen LogP contribution is -2.41. The third-order valence-electron chi connectivity index (χ3n) is 5.04. The van der Waals surface area contributed by atoms with Crippen LogP contribution in [0.15, 0.2) is 24.3 Å². The molecule has 0 heterocycles. The van der Waals surface area contributed by atoms with E-state index in [-0.39, 0.29) is 30.2 Å². The summed E-state index contributed by atoms with van der Waals surface area (Å²) in [6.07, 6.45) is 0.187. The fraction of sp³-hybridized carbons (Fsp3) is 0.632. The first-order valence-electron chi connectivity index (χ1n) is 9.19. The number of carbonyl (C=O) groups excluding carboxylic acids is 1. The van der Waals surface area contributed by atoms with E-state index in [0.717, 1.165) is 37.8 Å². The van der Waals surface area contributed by atoms with E-state index in [0.29, 0.717) is 13.0 Å². The number of alkyl halides is 3. The van der Waals surface area contributed by atoms with E-state index in [9.17, 15) is 23.1 Å². The van der Waals surface area contributed by atoms with Gasteiger partial charge in [-0.3, -0.25) is 4.79 Å². The molecule has 0 bridgehead atoms. The van der Waals surface area contributed by atoms with Gasteiger partial charge in [0.15, 0.2) is 0 Å². The van der Waals surface area contributed by atoms with Crippen molar-refractivity contribution in [2.75, 3.05) is 19.7 Å². The summed E-state index contributed by atoms with van der Waals surface area (Å²) in [5.74, 6) is 0.0635. The van der Waals surface area contributed by atoms with Gasteiger partial charge in [-0.1, -0.05) is 19.3 Å². The molecule has 1 amide bonds. The van der Waals surface area contributed by atoms with Crippen molar-refractivity contribution < 1.29 is 27.8 Å². The fourth-order valence-electron chi connectivity index (χ4n) is 3.38. The average Bonchev–Trinajstić information content (AvgIpc) is 2.65. The zero-order chi connectivity index (χ0) is 19.9. The van der Waals surface area contributed by atoms with Crippen molar-refractivity contribution in [1.29, 1.82) is 0 Å². The molecule has 152 valence electrons. The van der Waals surface area contributed by atoms with Crippen molar-refractivity contribution in [1.82, 2.24) is 5.32 Å². The van der Waals surface area contributed by atoms with Crippen LogP contribution in [0.25, 0.3) is 0 Å². The van der Waals surface area contributed by atoms with Gasteiger partial charge in [-0.15, -0.1) is 0 Å². The zero-order valence-corrected chi connectivity index (χ0v) is 15.2. The van der Waals surface area contributed by atoms with Crippen LogP contribution in [-0.2, 0) is 11.0 Å². The maximum absolute atomic E-state index is 12.5. The summed E-state index contributed by atoms with van der Waals surface area (Å²) < 4.78 is 42.8. The Morgan fingerprint density at radius 3 is 2.41 bits per heavy atom. The molecule has 1 aliphatic carbocycles. The monoisotopic (exact) mass is 388 g/mol. The molecule has 4 N–H and O–H groups in total. The highest BCUT2D eigenvalue weighted by Gasteiger charge is 2.33. The molecule has 1 fully saturated rings. The van der Waals surface area contributed by atoms with E-state index in [4.69, 9.17) is 10.5 Å². The quantitative estimate of drug-likeness (QED) is 0.639. The van der Waals surface area contributed by atoms with Gasteiger partial charge < -0.3 is 20.9 Å². The number of hydrogen-bond acceptors (Lipinski definition) is 4. The molecule has 0 aliphatic heterocycles. The van der Waals surface area contributed by atoms with Gasteiger partial charge in [-0.25, -0.2) is 0 Å². The van der Waals surface area contributed by atoms with E-state index >= 15 is 0 Å². The summed E-state index contributed by atoms with van der Waals surface area (Å²) in [6.45, 7) is 0.355. The van der Waals surface area contributed by atoms with Gasteiger partial charge in [0.05, 0.1) is 5.56 Å². The van der Waals surface area contributed by atoms with Gasteiger partial charge >= 0.3 is 6.18 Å². The van der Waals surface area contributed by atoms with Crippen LogP contribution in [0.5, 0.6) is 5.75 Å². The van der Waals surface area contributed by atoms with Gasteiger partial charge in [0.2, 0.25) is 5.91 Å². The molecule has 0 saturated heterocycles. The third-order valence-corrected chi connectivity index (χ3v) is 5.04. The third kappa shape index (κ3) is 6.70. The number of hydrogen-bond donors (Lipinski definition) is 3. The van der Waals surface area contributed by atoms with Crippen LogP contribution in [0.1, 0.15) is 44.1 Å². The molecule has 1 aromatic rings. The number of rotatable bonds is 8. The lowest BCUT2D eigenvalue weighted by atomic mass is 9.71. The van der Waals surface area contributed by atoms with Gasteiger partial charge in [0, 0.05) is 13.0 Å². The van der Waals surface area contributed by atoms with Crippen molar-refractivity contribution in [2.45, 2.75) is 50.8 Å². The molecule has 27 heavy (non-hydrogen) atoms. The van der Waals surface area contributed by atoms with Gasteiger partial charge in [0.25, 0.3) is 0 Å². The van der Waals surface area contributed by atoms with Crippen LogP contribution in [-0.4, -0.2) is 36.8 Å². The van der Waals surface area contributed by atoms with E-state index in [1.54, 1.807) is 0 Å². The topological polar surface area (TPSA) is 84.6 Å². The number of carbonyl (C=O) groups is 1. The Morgan fingerprint density at radius 2 is 1.85 bits per heavy atom. The predicted octanol–water partition coefficient (Wildman–Crippen LogP) is 2.86. The molecule has 5 nitrogen and oxygen atoms in total. The van der Waals surface area contributed by atoms with Crippen molar-refractivity contribution in [3.63, 3.8) is 0 Å². The number of amides is 1. The Bertz CT molecular complexity index is 599. The maximum Gasteiger partial charge on any atom is 0.416 e. The summed E-state index contributed by atoms with van der Waals surface area (Å²) in [7, 11) is 0. The normalized spacial score (nSPS) is 18.0. The average molecular weight is 388 g/mol. The first kappa shape index (κ1) is 21.5. The van der Waals surface area contributed by atoms with Gasteiger partial charge in [-0.2, -0.15) is 13.2 Å². The summed E-state index contributed by atoms with van der Waals surface area (Å²) in [5.41, 5.74) is 4.96. The van der Waals surface area contributed by atoms with Crippen LogP contribution in [0.4, 0.5) is 13.2 Å². The van der Waals surface area contributed by atoms with Crippen molar-refractivity contribution in [3.8, 4) is 5.75 Å². The standard InChI is InChI=1S/C19H27F3N2O3/c20-19(21,22)14-4-6-16(7-5-14)27-12-15(25)11-24-17(26)10-18(13-23)8-2-1-3-9-18/h4-7,15,25H,1-3,8-13,23H2,(H,24,26).